The minimum Gasteiger partial charge on any atom is -0.345 e. The summed E-state index contributed by atoms with van der Waals surface area (Å²) in [6.07, 6.45) is 0.114. The van der Waals surface area contributed by atoms with Gasteiger partial charge in [0.05, 0.1) is 17.2 Å². The van der Waals surface area contributed by atoms with Crippen LogP contribution in [0.2, 0.25) is 0 Å². The summed E-state index contributed by atoms with van der Waals surface area (Å²) in [6.45, 7) is 0.345. The molecule has 1 aliphatic carbocycles. The highest BCUT2D eigenvalue weighted by Gasteiger charge is 2.57. The van der Waals surface area contributed by atoms with E-state index in [1.165, 1.54) is 17.0 Å². The van der Waals surface area contributed by atoms with Crippen LogP contribution in [-0.2, 0) is 39.4 Å². The Morgan fingerprint density at radius 2 is 2.00 bits per heavy atom. The Hall–Kier alpha value is -3.17. The summed E-state index contributed by atoms with van der Waals surface area (Å²) in [5.74, 6) is -1.43. The molecule has 0 unspecified atom stereocenters. The summed E-state index contributed by atoms with van der Waals surface area (Å²) in [6, 6.07) is 4.20. The van der Waals surface area contributed by atoms with Crippen molar-refractivity contribution in [3.05, 3.63) is 53.3 Å². The maximum Gasteiger partial charge on any atom is 0.416 e. The van der Waals surface area contributed by atoms with Gasteiger partial charge in [-0.2, -0.15) is 18.3 Å². The fourth-order valence-electron chi connectivity index (χ4n) is 4.34. The van der Waals surface area contributed by atoms with Gasteiger partial charge in [-0.15, -0.1) is 0 Å². The van der Waals surface area contributed by atoms with Gasteiger partial charge in [0, 0.05) is 45.7 Å². The smallest absolute Gasteiger partial charge is 0.345 e. The van der Waals surface area contributed by atoms with Crippen LogP contribution in [0, 0.1) is 0 Å². The first-order valence-corrected chi connectivity index (χ1v) is 10.8. The maximum atomic E-state index is 13.5. The van der Waals surface area contributed by atoms with Gasteiger partial charge in [-0.25, -0.2) is 0 Å². The molecule has 4 rings (SSSR count). The minimum atomic E-state index is -4.61. The van der Waals surface area contributed by atoms with Crippen LogP contribution in [0.25, 0.3) is 0 Å². The Morgan fingerprint density at radius 1 is 1.27 bits per heavy atom. The number of likely N-dealkylation sites (tertiary alicyclic amines) is 1. The quantitative estimate of drug-likeness (QED) is 0.593. The van der Waals surface area contributed by atoms with Crippen molar-refractivity contribution in [3.8, 4) is 0 Å². The van der Waals surface area contributed by atoms with Crippen molar-refractivity contribution in [2.24, 2.45) is 7.05 Å². The molecule has 3 amide bonds. The van der Waals surface area contributed by atoms with Gasteiger partial charge in [-0.1, -0.05) is 18.2 Å². The van der Waals surface area contributed by atoms with Crippen molar-refractivity contribution in [1.82, 2.24) is 19.6 Å². The Morgan fingerprint density at radius 3 is 2.61 bits per heavy atom. The van der Waals surface area contributed by atoms with Crippen molar-refractivity contribution >= 4 is 17.7 Å². The Balaban J connectivity index is 1.62. The van der Waals surface area contributed by atoms with Crippen molar-refractivity contribution < 1.29 is 27.6 Å². The number of aromatic nitrogens is 2. The predicted molar refractivity (Wildman–Crippen MR) is 112 cm³/mol. The number of hydrogen-bond acceptors (Lipinski definition) is 4. The highest BCUT2D eigenvalue weighted by Crippen LogP contribution is 2.45. The molecule has 0 bridgehead atoms. The Kier molecular flexibility index (Phi) is 5.79. The van der Waals surface area contributed by atoms with Crippen LogP contribution in [0.5, 0.6) is 0 Å². The van der Waals surface area contributed by atoms with Gasteiger partial charge in [-0.3, -0.25) is 24.0 Å². The molecular formula is C23H25F3N4O3. The number of imide groups is 1. The molecule has 1 aromatic carbocycles. The first-order chi connectivity index (χ1) is 15.5. The van der Waals surface area contributed by atoms with Crippen LogP contribution < -0.4 is 0 Å². The fourth-order valence-corrected chi connectivity index (χ4v) is 4.34. The largest absolute Gasteiger partial charge is 0.416 e. The van der Waals surface area contributed by atoms with E-state index >= 15 is 0 Å². The summed E-state index contributed by atoms with van der Waals surface area (Å²) in [4.78, 5) is 41.9. The highest BCUT2D eigenvalue weighted by molar-refractivity contribution is 6.11. The number of aryl methyl sites for hydroxylation is 1. The molecule has 0 radical (unpaired) electrons. The van der Waals surface area contributed by atoms with Gasteiger partial charge < -0.3 is 4.90 Å². The molecule has 0 N–H and O–H groups in total. The van der Waals surface area contributed by atoms with Gasteiger partial charge in [0.15, 0.2) is 0 Å². The number of benzene rings is 1. The number of halogens is 3. The number of amides is 3. The molecule has 1 saturated heterocycles. The molecule has 2 fully saturated rings. The summed E-state index contributed by atoms with van der Waals surface area (Å²) in [7, 11) is 3.37. The van der Waals surface area contributed by atoms with E-state index in [1.807, 2.05) is 6.20 Å². The van der Waals surface area contributed by atoms with Crippen molar-refractivity contribution in [2.75, 3.05) is 13.6 Å². The number of alkyl halides is 3. The third-order valence-electron chi connectivity index (χ3n) is 6.38. The molecule has 1 aliphatic heterocycles. The molecule has 1 atom stereocenters. The Labute approximate surface area is 189 Å². The zero-order chi connectivity index (χ0) is 24.0. The van der Waals surface area contributed by atoms with Gasteiger partial charge in [-0.05, 0) is 36.5 Å². The van der Waals surface area contributed by atoms with Crippen LogP contribution in [-0.4, -0.2) is 56.9 Å². The van der Waals surface area contributed by atoms with Crippen LogP contribution in [0.4, 0.5) is 13.2 Å². The minimum absolute atomic E-state index is 0.0489. The number of likely N-dealkylation sites (N-methyl/N-ethyl adjacent to an activating group) is 1. The van der Waals surface area contributed by atoms with Crippen LogP contribution >= 0.6 is 0 Å². The number of nitrogens with zero attached hydrogens (tertiary/aromatic N) is 4. The van der Waals surface area contributed by atoms with Crippen molar-refractivity contribution in [1.29, 1.82) is 0 Å². The molecule has 1 saturated carbocycles. The lowest BCUT2D eigenvalue weighted by molar-refractivity contribution is -0.143. The third-order valence-corrected chi connectivity index (χ3v) is 6.38. The number of carbonyl (C=O) groups excluding carboxylic acids is 3. The molecule has 33 heavy (non-hydrogen) atoms. The predicted octanol–water partition coefficient (Wildman–Crippen LogP) is 2.69. The number of rotatable bonds is 7. The van der Waals surface area contributed by atoms with Gasteiger partial charge >= 0.3 is 6.18 Å². The zero-order valence-electron chi connectivity index (χ0n) is 18.4. The van der Waals surface area contributed by atoms with E-state index < -0.39 is 34.9 Å². The van der Waals surface area contributed by atoms with Gasteiger partial charge in [0.25, 0.3) is 0 Å². The number of hydrogen-bond donors (Lipinski definition) is 0. The van der Waals surface area contributed by atoms with E-state index in [0.29, 0.717) is 25.8 Å². The van der Waals surface area contributed by atoms with E-state index in [9.17, 15) is 27.6 Å². The standard InChI is InChI=1S/C23H25F3N4O3/c1-28(9-8-15-13-27-29(2)14-15)19(31)11-22(12-20(32)30(21(22)33)18-6-7-18)16-4-3-5-17(10-16)23(24,25)26/h3-5,10,13-14,18H,6-9,11-12H2,1-2H3/t22-/m0/s1. The molecule has 176 valence electrons. The van der Waals surface area contributed by atoms with E-state index in [0.717, 1.165) is 22.6 Å². The summed E-state index contributed by atoms with van der Waals surface area (Å²) < 4.78 is 41.8. The molecule has 0 spiro atoms. The Bertz CT molecular complexity index is 1090. The topological polar surface area (TPSA) is 75.5 Å². The zero-order valence-corrected chi connectivity index (χ0v) is 18.4. The second-order valence-electron chi connectivity index (χ2n) is 8.90. The first-order valence-electron chi connectivity index (χ1n) is 10.8. The molecule has 2 heterocycles. The van der Waals surface area contributed by atoms with E-state index in [4.69, 9.17) is 0 Å². The van der Waals surface area contributed by atoms with Crippen molar-refractivity contribution in [2.45, 2.75) is 49.7 Å². The second kappa shape index (κ2) is 8.31. The molecule has 1 aromatic heterocycles. The molecule has 2 aliphatic rings. The lowest BCUT2D eigenvalue weighted by Crippen LogP contribution is -2.43. The van der Waals surface area contributed by atoms with Crippen molar-refractivity contribution in [3.63, 3.8) is 0 Å². The van der Waals surface area contributed by atoms with E-state index in [2.05, 4.69) is 5.10 Å². The summed E-state index contributed by atoms with van der Waals surface area (Å²) >= 11 is 0. The summed E-state index contributed by atoms with van der Waals surface area (Å²) in [5, 5.41) is 4.08. The third kappa shape index (κ3) is 4.51. The number of carbonyl (C=O) groups is 3. The second-order valence-corrected chi connectivity index (χ2v) is 8.90. The first kappa shape index (κ1) is 23.0. The monoisotopic (exact) mass is 462 g/mol. The maximum absolute atomic E-state index is 13.5. The van der Waals surface area contributed by atoms with Gasteiger partial charge in [0.1, 0.15) is 0 Å². The highest BCUT2D eigenvalue weighted by atomic mass is 19.4. The summed E-state index contributed by atoms with van der Waals surface area (Å²) in [5.41, 5.74) is -1.58. The lowest BCUT2D eigenvalue weighted by Gasteiger charge is -2.29. The molecular weight excluding hydrogens is 437 g/mol. The fraction of sp³-hybridized carbons (Fsp3) is 0.478. The van der Waals surface area contributed by atoms with Gasteiger partial charge in [0.2, 0.25) is 17.7 Å². The van der Waals surface area contributed by atoms with Crippen LogP contribution in [0.1, 0.15) is 42.4 Å². The molecule has 10 heteroatoms. The van der Waals surface area contributed by atoms with Crippen LogP contribution in [0.15, 0.2) is 36.7 Å². The van der Waals surface area contributed by atoms with E-state index in [-0.39, 0.29) is 24.4 Å². The SMILES string of the molecule is CN(CCc1cnn(C)c1)C(=O)C[C@@]1(c2cccc(C(F)(F)F)c2)CC(=O)N(C2CC2)C1=O. The normalized spacial score (nSPS) is 21.1. The molecule has 2 aromatic rings. The molecule has 7 nitrogen and oxygen atoms in total. The van der Waals surface area contributed by atoms with E-state index in [1.54, 1.807) is 25.0 Å². The average Bonchev–Trinajstić information content (AvgIpc) is 3.44. The average molecular weight is 462 g/mol. The lowest BCUT2D eigenvalue weighted by atomic mass is 9.75. The van der Waals surface area contributed by atoms with Crippen LogP contribution in [0.3, 0.4) is 0 Å².